The third kappa shape index (κ3) is 3.05. The van der Waals surface area contributed by atoms with Crippen molar-refractivity contribution in [1.29, 1.82) is 5.26 Å². The first-order chi connectivity index (χ1) is 11.5. The molecule has 0 aliphatic heterocycles. The SMILES string of the molecule is N#Cc1nc(-c2ccccc2)oc1S(=O)(=O)Cc1ccccc1F. The van der Waals surface area contributed by atoms with Gasteiger partial charge in [-0.1, -0.05) is 36.4 Å². The van der Waals surface area contributed by atoms with Crippen molar-refractivity contribution in [1.82, 2.24) is 4.98 Å². The molecule has 1 heterocycles. The Morgan fingerprint density at radius 3 is 2.42 bits per heavy atom. The highest BCUT2D eigenvalue weighted by molar-refractivity contribution is 7.90. The van der Waals surface area contributed by atoms with Crippen LogP contribution in [0.2, 0.25) is 0 Å². The van der Waals surface area contributed by atoms with E-state index in [4.69, 9.17) is 9.68 Å². The van der Waals surface area contributed by atoms with Crippen LogP contribution in [0.15, 0.2) is 64.1 Å². The van der Waals surface area contributed by atoms with Crippen molar-refractivity contribution in [2.45, 2.75) is 10.8 Å². The van der Waals surface area contributed by atoms with E-state index in [1.165, 1.54) is 24.3 Å². The molecule has 3 rings (SSSR count). The van der Waals surface area contributed by atoms with Crippen LogP contribution in [0.1, 0.15) is 11.3 Å². The van der Waals surface area contributed by atoms with Crippen molar-refractivity contribution >= 4 is 9.84 Å². The summed E-state index contributed by atoms with van der Waals surface area (Å²) < 4.78 is 44.1. The van der Waals surface area contributed by atoms with E-state index in [-0.39, 0.29) is 17.1 Å². The Morgan fingerprint density at radius 1 is 1.08 bits per heavy atom. The largest absolute Gasteiger partial charge is 0.423 e. The summed E-state index contributed by atoms with van der Waals surface area (Å²) in [6.45, 7) is 0. The third-order valence-electron chi connectivity index (χ3n) is 3.31. The summed E-state index contributed by atoms with van der Waals surface area (Å²) >= 11 is 0. The Bertz CT molecular complexity index is 1020. The van der Waals surface area contributed by atoms with Crippen molar-refractivity contribution in [2.75, 3.05) is 0 Å². The van der Waals surface area contributed by atoms with E-state index in [1.807, 2.05) is 0 Å². The van der Waals surface area contributed by atoms with Crippen LogP contribution in [0, 0.1) is 17.1 Å². The first-order valence-corrected chi connectivity index (χ1v) is 8.59. The van der Waals surface area contributed by atoms with Crippen LogP contribution < -0.4 is 0 Å². The number of aromatic nitrogens is 1. The molecule has 0 aliphatic rings. The summed E-state index contributed by atoms with van der Waals surface area (Å²) in [5.41, 5.74) is 0.200. The molecule has 0 saturated carbocycles. The summed E-state index contributed by atoms with van der Waals surface area (Å²) in [5.74, 6) is -1.22. The van der Waals surface area contributed by atoms with Gasteiger partial charge in [-0.25, -0.2) is 12.8 Å². The zero-order valence-corrected chi connectivity index (χ0v) is 13.1. The molecule has 0 radical (unpaired) electrons. The maximum absolute atomic E-state index is 13.7. The molecule has 0 N–H and O–H groups in total. The molecule has 5 nitrogen and oxygen atoms in total. The molecule has 0 saturated heterocycles. The topological polar surface area (TPSA) is 84.0 Å². The minimum atomic E-state index is -4.06. The fraction of sp³-hybridized carbons (Fsp3) is 0.0588. The normalized spacial score (nSPS) is 11.2. The number of nitriles is 1. The van der Waals surface area contributed by atoms with Crippen LogP contribution in [0.3, 0.4) is 0 Å². The Balaban J connectivity index is 2.04. The Kier molecular flexibility index (Phi) is 4.15. The second-order valence-electron chi connectivity index (χ2n) is 4.98. The summed E-state index contributed by atoms with van der Waals surface area (Å²) in [6.07, 6.45) is 0. The summed E-state index contributed by atoms with van der Waals surface area (Å²) in [7, 11) is -4.06. The number of hydrogen-bond acceptors (Lipinski definition) is 5. The zero-order chi connectivity index (χ0) is 17.2. The number of hydrogen-bond donors (Lipinski definition) is 0. The van der Waals surface area contributed by atoms with Crippen molar-refractivity contribution in [3.8, 4) is 17.5 Å². The van der Waals surface area contributed by atoms with Gasteiger partial charge < -0.3 is 4.42 Å². The van der Waals surface area contributed by atoms with Gasteiger partial charge in [0.25, 0.3) is 5.09 Å². The van der Waals surface area contributed by atoms with Crippen LogP contribution in [-0.4, -0.2) is 13.4 Å². The van der Waals surface area contributed by atoms with Crippen LogP contribution in [0.4, 0.5) is 4.39 Å². The summed E-state index contributed by atoms with van der Waals surface area (Å²) in [4.78, 5) is 3.93. The number of oxazole rings is 1. The van der Waals surface area contributed by atoms with Gasteiger partial charge in [0.15, 0.2) is 5.69 Å². The minimum absolute atomic E-state index is 0.000879. The summed E-state index contributed by atoms with van der Waals surface area (Å²) in [5, 5.41) is 8.60. The van der Waals surface area contributed by atoms with Crippen LogP contribution in [-0.2, 0) is 15.6 Å². The van der Waals surface area contributed by atoms with Crippen molar-refractivity contribution in [2.24, 2.45) is 0 Å². The molecule has 0 spiro atoms. The smallest absolute Gasteiger partial charge is 0.257 e. The molecular weight excluding hydrogens is 331 g/mol. The van der Waals surface area contributed by atoms with E-state index in [2.05, 4.69) is 4.98 Å². The third-order valence-corrected chi connectivity index (χ3v) is 4.84. The number of benzene rings is 2. The number of nitrogens with zero attached hydrogens (tertiary/aromatic N) is 2. The van der Waals surface area contributed by atoms with Gasteiger partial charge in [0.05, 0.1) is 5.75 Å². The second-order valence-corrected chi connectivity index (χ2v) is 6.87. The van der Waals surface area contributed by atoms with Crippen molar-refractivity contribution in [3.63, 3.8) is 0 Å². The predicted molar refractivity (Wildman–Crippen MR) is 83.9 cm³/mol. The van der Waals surface area contributed by atoms with Gasteiger partial charge >= 0.3 is 0 Å². The Hall–Kier alpha value is -2.98. The van der Waals surface area contributed by atoms with Gasteiger partial charge in [0.2, 0.25) is 15.7 Å². The Morgan fingerprint density at radius 2 is 1.75 bits per heavy atom. The van der Waals surface area contributed by atoms with Crippen LogP contribution >= 0.6 is 0 Å². The van der Waals surface area contributed by atoms with Gasteiger partial charge in [-0.15, -0.1) is 0 Å². The van der Waals surface area contributed by atoms with Gasteiger partial charge in [-0.3, -0.25) is 0 Å². The molecule has 0 aliphatic carbocycles. The van der Waals surface area contributed by atoms with Gasteiger partial charge in [0, 0.05) is 11.1 Å². The molecule has 0 bridgehead atoms. The monoisotopic (exact) mass is 342 g/mol. The maximum Gasteiger partial charge on any atom is 0.257 e. The first-order valence-electron chi connectivity index (χ1n) is 6.94. The van der Waals surface area contributed by atoms with E-state index in [1.54, 1.807) is 36.4 Å². The molecule has 2 aromatic carbocycles. The fourth-order valence-electron chi connectivity index (χ4n) is 2.18. The van der Waals surface area contributed by atoms with E-state index in [0.717, 1.165) is 0 Å². The average molecular weight is 342 g/mol. The van der Waals surface area contributed by atoms with Gasteiger partial charge in [-0.05, 0) is 18.2 Å². The highest BCUT2D eigenvalue weighted by Gasteiger charge is 2.28. The molecule has 0 unspecified atom stereocenters. The molecule has 7 heteroatoms. The number of sulfone groups is 1. The van der Waals surface area contributed by atoms with Crippen LogP contribution in [0.5, 0.6) is 0 Å². The average Bonchev–Trinajstić information content (AvgIpc) is 3.03. The quantitative estimate of drug-likeness (QED) is 0.726. The molecule has 0 amide bonds. The van der Waals surface area contributed by atoms with E-state index in [0.29, 0.717) is 5.56 Å². The lowest BCUT2D eigenvalue weighted by Crippen LogP contribution is -2.07. The molecule has 0 atom stereocenters. The molecule has 0 fully saturated rings. The molecule has 24 heavy (non-hydrogen) atoms. The lowest BCUT2D eigenvalue weighted by Gasteiger charge is -2.03. The van der Waals surface area contributed by atoms with Crippen LogP contribution in [0.25, 0.3) is 11.5 Å². The lowest BCUT2D eigenvalue weighted by atomic mass is 10.2. The predicted octanol–water partition coefficient (Wildman–Crippen LogP) is 3.33. The second kappa shape index (κ2) is 6.26. The number of rotatable bonds is 4. The number of halogens is 1. The lowest BCUT2D eigenvalue weighted by molar-refractivity contribution is 0.456. The van der Waals surface area contributed by atoms with E-state index in [9.17, 15) is 12.8 Å². The summed E-state index contributed by atoms with van der Waals surface area (Å²) in [6, 6.07) is 15.9. The fourth-order valence-corrected chi connectivity index (χ4v) is 3.54. The van der Waals surface area contributed by atoms with Gasteiger partial charge in [0.1, 0.15) is 11.9 Å². The minimum Gasteiger partial charge on any atom is -0.423 e. The van der Waals surface area contributed by atoms with E-state index < -0.39 is 26.5 Å². The molecule has 120 valence electrons. The standard InChI is InChI=1S/C17H11FN2O3S/c18-14-9-5-4-8-13(14)11-24(21,22)17-15(10-19)20-16(23-17)12-6-2-1-3-7-12/h1-9H,11H2. The van der Waals surface area contributed by atoms with E-state index >= 15 is 0 Å². The molecule has 3 aromatic rings. The highest BCUT2D eigenvalue weighted by atomic mass is 32.2. The first kappa shape index (κ1) is 15.9. The zero-order valence-electron chi connectivity index (χ0n) is 12.3. The molecule has 1 aromatic heterocycles. The van der Waals surface area contributed by atoms with Crippen molar-refractivity contribution < 1.29 is 17.2 Å². The maximum atomic E-state index is 13.7. The Labute approximate surface area is 137 Å². The van der Waals surface area contributed by atoms with Gasteiger partial charge in [-0.2, -0.15) is 10.2 Å². The highest BCUT2D eigenvalue weighted by Crippen LogP contribution is 2.27. The molecular formula is C17H11FN2O3S. The van der Waals surface area contributed by atoms with Crippen molar-refractivity contribution in [3.05, 3.63) is 71.7 Å².